The van der Waals surface area contributed by atoms with Crippen LogP contribution in [0.15, 0.2) is 16.6 Å². The Bertz CT molecular complexity index is 337. The number of hydrogen-bond donors (Lipinski definition) is 1. The van der Waals surface area contributed by atoms with Crippen LogP contribution in [0, 0.1) is 0 Å². The summed E-state index contributed by atoms with van der Waals surface area (Å²) in [5, 5.41) is 9.28. The first kappa shape index (κ1) is 15.2. The van der Waals surface area contributed by atoms with Crippen LogP contribution in [0.4, 0.5) is 0 Å². The first-order valence-corrected chi connectivity index (χ1v) is 6.18. The second-order valence-electron chi connectivity index (χ2n) is 3.53. The van der Waals surface area contributed by atoms with Crippen LogP contribution < -0.4 is 4.74 Å². The minimum atomic E-state index is 0.286. The van der Waals surface area contributed by atoms with E-state index in [2.05, 4.69) is 30.1 Å². The second kappa shape index (κ2) is 8.31. The Morgan fingerprint density at radius 1 is 1.28 bits per heavy atom. The van der Waals surface area contributed by atoms with Crippen LogP contribution in [0.5, 0.6) is 11.5 Å². The molecule has 0 spiro atoms. The van der Waals surface area contributed by atoms with E-state index in [0.717, 1.165) is 24.3 Å². The van der Waals surface area contributed by atoms with Gasteiger partial charge in [-0.25, -0.2) is 0 Å². The van der Waals surface area contributed by atoms with Crippen LogP contribution in [0.3, 0.4) is 0 Å². The summed E-state index contributed by atoms with van der Waals surface area (Å²) < 4.78 is 19.8. The number of fused-ring (bicyclic) bond motifs is 1. The van der Waals surface area contributed by atoms with Crippen LogP contribution in [0.2, 0.25) is 0 Å². The molecular formula is C12H17BrO5. The van der Waals surface area contributed by atoms with Crippen LogP contribution in [-0.2, 0) is 20.6 Å². The molecule has 1 heterocycles. The lowest BCUT2D eigenvalue weighted by Crippen LogP contribution is -1.98. The van der Waals surface area contributed by atoms with Crippen LogP contribution in [0.1, 0.15) is 5.56 Å². The fraction of sp³-hybridized carbons (Fsp3) is 0.500. The van der Waals surface area contributed by atoms with E-state index in [9.17, 15) is 5.11 Å². The van der Waals surface area contributed by atoms with Gasteiger partial charge in [-0.05, 0) is 28.1 Å². The molecule has 0 aliphatic carbocycles. The molecule has 1 aliphatic heterocycles. The monoisotopic (exact) mass is 320 g/mol. The van der Waals surface area contributed by atoms with E-state index in [1.165, 1.54) is 0 Å². The predicted molar refractivity (Wildman–Crippen MR) is 69.8 cm³/mol. The Hall–Kier alpha value is -0.820. The Kier molecular flexibility index (Phi) is 7.04. The van der Waals surface area contributed by atoms with Crippen molar-refractivity contribution in [1.29, 1.82) is 0 Å². The zero-order valence-corrected chi connectivity index (χ0v) is 12.0. The van der Waals surface area contributed by atoms with Gasteiger partial charge in [-0.15, -0.1) is 0 Å². The van der Waals surface area contributed by atoms with E-state index in [1.807, 2.05) is 0 Å². The molecule has 0 atom stereocenters. The molecule has 6 heteroatoms. The highest BCUT2D eigenvalue weighted by molar-refractivity contribution is 9.10. The van der Waals surface area contributed by atoms with Crippen molar-refractivity contribution in [2.24, 2.45) is 0 Å². The van der Waals surface area contributed by atoms with Gasteiger partial charge in [-0.2, -0.15) is 0 Å². The van der Waals surface area contributed by atoms with E-state index in [4.69, 9.17) is 4.74 Å². The summed E-state index contributed by atoms with van der Waals surface area (Å²) in [6.45, 7) is 1.33. The summed E-state index contributed by atoms with van der Waals surface area (Å²) >= 11 is 3.22. The summed E-state index contributed by atoms with van der Waals surface area (Å²) in [4.78, 5) is 0. The van der Waals surface area contributed by atoms with Gasteiger partial charge < -0.3 is 24.1 Å². The fourth-order valence-electron chi connectivity index (χ4n) is 1.39. The zero-order valence-electron chi connectivity index (χ0n) is 10.4. The SMILES string of the molecule is COCOCOC.Oc1cc2c(cc1Br)OCC2. The van der Waals surface area contributed by atoms with Gasteiger partial charge in [0.1, 0.15) is 25.1 Å². The maximum Gasteiger partial charge on any atom is 0.149 e. The van der Waals surface area contributed by atoms with Crippen molar-refractivity contribution in [3.05, 3.63) is 22.2 Å². The van der Waals surface area contributed by atoms with Gasteiger partial charge in [0.15, 0.2) is 0 Å². The first-order valence-electron chi connectivity index (χ1n) is 5.38. The van der Waals surface area contributed by atoms with Gasteiger partial charge in [0.05, 0.1) is 11.1 Å². The number of phenolic OH excluding ortho intramolecular Hbond substituents is 1. The van der Waals surface area contributed by atoms with Gasteiger partial charge in [-0.1, -0.05) is 0 Å². The van der Waals surface area contributed by atoms with Gasteiger partial charge in [0.2, 0.25) is 0 Å². The van der Waals surface area contributed by atoms with Crippen molar-refractivity contribution in [2.45, 2.75) is 6.42 Å². The van der Waals surface area contributed by atoms with Gasteiger partial charge in [0, 0.05) is 26.2 Å². The highest BCUT2D eigenvalue weighted by Crippen LogP contribution is 2.34. The third-order valence-corrected chi connectivity index (χ3v) is 2.80. The minimum Gasteiger partial charge on any atom is -0.507 e. The Morgan fingerprint density at radius 2 is 1.94 bits per heavy atom. The summed E-state index contributed by atoms with van der Waals surface area (Å²) in [7, 11) is 3.13. The predicted octanol–water partition coefficient (Wildman–Crippen LogP) is 2.30. The van der Waals surface area contributed by atoms with Gasteiger partial charge in [0.25, 0.3) is 0 Å². The molecule has 0 aromatic heterocycles. The number of rotatable bonds is 4. The number of benzene rings is 1. The van der Waals surface area contributed by atoms with Crippen LogP contribution >= 0.6 is 15.9 Å². The lowest BCUT2D eigenvalue weighted by Gasteiger charge is -2.00. The number of methoxy groups -OCH3 is 2. The normalized spacial score (nSPS) is 12.4. The average Bonchev–Trinajstić information content (AvgIpc) is 2.78. The third kappa shape index (κ3) is 4.81. The van der Waals surface area contributed by atoms with Gasteiger partial charge >= 0.3 is 0 Å². The number of phenols is 1. The number of hydrogen-bond acceptors (Lipinski definition) is 5. The molecule has 0 fully saturated rings. The Balaban J connectivity index is 0.000000203. The van der Waals surface area contributed by atoms with E-state index >= 15 is 0 Å². The molecule has 1 aromatic rings. The van der Waals surface area contributed by atoms with Crippen molar-refractivity contribution in [2.75, 3.05) is 34.4 Å². The zero-order chi connectivity index (χ0) is 13.4. The Morgan fingerprint density at radius 3 is 2.56 bits per heavy atom. The molecule has 1 aromatic carbocycles. The Labute approximate surface area is 115 Å². The summed E-state index contributed by atoms with van der Waals surface area (Å²) in [6, 6.07) is 3.55. The second-order valence-corrected chi connectivity index (χ2v) is 4.38. The summed E-state index contributed by atoms with van der Waals surface area (Å²) in [6.07, 6.45) is 0.899. The number of aromatic hydroxyl groups is 1. The van der Waals surface area contributed by atoms with Crippen molar-refractivity contribution in [3.63, 3.8) is 0 Å². The molecule has 0 bridgehead atoms. The van der Waals surface area contributed by atoms with Crippen molar-refractivity contribution in [1.82, 2.24) is 0 Å². The molecule has 1 aliphatic rings. The van der Waals surface area contributed by atoms with Crippen LogP contribution in [0.25, 0.3) is 0 Å². The lowest BCUT2D eigenvalue weighted by molar-refractivity contribution is -0.107. The molecule has 2 rings (SSSR count). The maximum atomic E-state index is 9.28. The number of ether oxygens (including phenoxy) is 4. The topological polar surface area (TPSA) is 57.2 Å². The standard InChI is InChI=1S/C8H7BrO2.C4H10O3/c9-6-4-8-5(1-2-11-8)3-7(6)10;1-5-3-7-4-6-2/h3-4,10H,1-2H2;3-4H2,1-2H3. The molecule has 0 unspecified atom stereocenters. The van der Waals surface area contributed by atoms with E-state index in [0.29, 0.717) is 18.1 Å². The molecule has 0 amide bonds. The summed E-state index contributed by atoms with van der Waals surface area (Å²) in [5.41, 5.74) is 1.09. The largest absolute Gasteiger partial charge is 0.507 e. The van der Waals surface area contributed by atoms with Gasteiger partial charge in [-0.3, -0.25) is 0 Å². The molecule has 102 valence electrons. The summed E-state index contributed by atoms with van der Waals surface area (Å²) in [5.74, 6) is 1.17. The van der Waals surface area contributed by atoms with Crippen molar-refractivity contribution < 1.29 is 24.1 Å². The lowest BCUT2D eigenvalue weighted by atomic mass is 10.2. The fourth-order valence-corrected chi connectivity index (χ4v) is 1.71. The molecule has 0 saturated heterocycles. The molecular weight excluding hydrogens is 304 g/mol. The van der Waals surface area contributed by atoms with Crippen molar-refractivity contribution in [3.8, 4) is 11.5 Å². The molecule has 0 saturated carbocycles. The smallest absolute Gasteiger partial charge is 0.149 e. The highest BCUT2D eigenvalue weighted by Gasteiger charge is 2.13. The van der Waals surface area contributed by atoms with E-state index < -0.39 is 0 Å². The molecule has 1 N–H and O–H groups in total. The van der Waals surface area contributed by atoms with Crippen molar-refractivity contribution >= 4 is 15.9 Å². The minimum absolute atomic E-state index is 0.286. The maximum absolute atomic E-state index is 9.28. The quantitative estimate of drug-likeness (QED) is 0.681. The van der Waals surface area contributed by atoms with Crippen LogP contribution in [-0.4, -0.2) is 39.5 Å². The number of halogens is 1. The van der Waals surface area contributed by atoms with E-state index in [-0.39, 0.29) is 5.75 Å². The first-order chi connectivity index (χ1) is 8.69. The molecule has 5 nitrogen and oxygen atoms in total. The highest BCUT2D eigenvalue weighted by atomic mass is 79.9. The average molecular weight is 321 g/mol. The van der Waals surface area contributed by atoms with E-state index in [1.54, 1.807) is 26.4 Å². The molecule has 18 heavy (non-hydrogen) atoms. The third-order valence-electron chi connectivity index (χ3n) is 2.16. The molecule has 0 radical (unpaired) electrons.